The van der Waals surface area contributed by atoms with Gasteiger partial charge in [-0.3, -0.25) is 0 Å². The molecule has 2 rings (SSSR count). The lowest BCUT2D eigenvalue weighted by atomic mass is 10.0. The van der Waals surface area contributed by atoms with Crippen LogP contribution < -0.4 is 5.32 Å². The summed E-state index contributed by atoms with van der Waals surface area (Å²) in [6.07, 6.45) is 4.10. The van der Waals surface area contributed by atoms with E-state index < -0.39 is 0 Å². The van der Waals surface area contributed by atoms with E-state index in [0.717, 1.165) is 17.5 Å². The molecule has 1 aliphatic rings. The lowest BCUT2D eigenvalue weighted by Crippen LogP contribution is -2.21. The molecule has 1 saturated carbocycles. The summed E-state index contributed by atoms with van der Waals surface area (Å²) in [4.78, 5) is 0. The Morgan fingerprint density at radius 2 is 2.00 bits per heavy atom. The molecule has 15 heavy (non-hydrogen) atoms. The minimum atomic E-state index is 0.514. The van der Waals surface area contributed by atoms with Gasteiger partial charge in [0.25, 0.3) is 0 Å². The average molecular weight is 224 g/mol. The minimum absolute atomic E-state index is 0.514. The van der Waals surface area contributed by atoms with Gasteiger partial charge in [-0.25, -0.2) is 0 Å². The summed E-state index contributed by atoms with van der Waals surface area (Å²) in [7, 11) is 0. The topological polar surface area (TPSA) is 12.0 Å². The van der Waals surface area contributed by atoms with Crippen LogP contribution in [-0.2, 0) is 0 Å². The van der Waals surface area contributed by atoms with Crippen molar-refractivity contribution in [2.24, 2.45) is 5.92 Å². The van der Waals surface area contributed by atoms with Gasteiger partial charge in [0.15, 0.2) is 0 Å². The van der Waals surface area contributed by atoms with Crippen LogP contribution in [-0.4, -0.2) is 6.54 Å². The van der Waals surface area contributed by atoms with Gasteiger partial charge in [-0.15, -0.1) is 0 Å². The van der Waals surface area contributed by atoms with E-state index in [1.165, 1.54) is 24.8 Å². The van der Waals surface area contributed by atoms with E-state index in [9.17, 15) is 0 Å². The molecule has 0 heterocycles. The van der Waals surface area contributed by atoms with Crippen molar-refractivity contribution in [2.45, 2.75) is 32.2 Å². The van der Waals surface area contributed by atoms with Crippen LogP contribution >= 0.6 is 11.6 Å². The first-order valence-electron chi connectivity index (χ1n) is 5.78. The molecule has 0 aromatic heterocycles. The second-order valence-electron chi connectivity index (χ2n) is 4.34. The maximum Gasteiger partial charge on any atom is 0.0406 e. The minimum Gasteiger partial charge on any atom is -0.310 e. The van der Waals surface area contributed by atoms with Crippen LogP contribution in [0.1, 0.15) is 37.8 Å². The zero-order chi connectivity index (χ0) is 10.7. The van der Waals surface area contributed by atoms with Crippen LogP contribution in [0.2, 0.25) is 5.02 Å². The van der Waals surface area contributed by atoms with Gasteiger partial charge in [0.2, 0.25) is 0 Å². The van der Waals surface area contributed by atoms with E-state index in [1.54, 1.807) is 0 Å². The second-order valence-corrected chi connectivity index (χ2v) is 4.78. The van der Waals surface area contributed by atoms with Crippen LogP contribution in [0, 0.1) is 5.92 Å². The average Bonchev–Trinajstić information content (AvgIpc) is 3.02. The van der Waals surface area contributed by atoms with Crippen LogP contribution in [0.25, 0.3) is 0 Å². The predicted octanol–water partition coefficient (Wildman–Crippen LogP) is 3.79. The van der Waals surface area contributed by atoms with Crippen molar-refractivity contribution in [1.29, 1.82) is 0 Å². The largest absolute Gasteiger partial charge is 0.310 e. The number of hydrogen-bond acceptors (Lipinski definition) is 1. The Labute approximate surface area is 96.8 Å². The summed E-state index contributed by atoms with van der Waals surface area (Å²) in [5, 5.41) is 4.37. The van der Waals surface area contributed by atoms with Gasteiger partial charge in [-0.05, 0) is 36.6 Å². The number of halogens is 1. The quantitative estimate of drug-likeness (QED) is 0.801. The Balaban J connectivity index is 2.04. The van der Waals surface area contributed by atoms with Crippen molar-refractivity contribution in [3.8, 4) is 0 Å². The van der Waals surface area contributed by atoms with Gasteiger partial charge in [-0.1, -0.05) is 43.5 Å². The summed E-state index contributed by atoms with van der Waals surface area (Å²) < 4.78 is 0. The zero-order valence-electron chi connectivity index (χ0n) is 9.17. The lowest BCUT2D eigenvalue weighted by molar-refractivity contribution is 0.487. The van der Waals surface area contributed by atoms with Crippen LogP contribution in [0.4, 0.5) is 0 Å². The first-order valence-corrected chi connectivity index (χ1v) is 6.16. The van der Waals surface area contributed by atoms with Gasteiger partial charge in [0.1, 0.15) is 0 Å². The van der Waals surface area contributed by atoms with Crippen LogP contribution in [0.3, 0.4) is 0 Å². The molecule has 1 aliphatic carbocycles. The Morgan fingerprint density at radius 3 is 2.53 bits per heavy atom. The Hall–Kier alpha value is -0.530. The maximum atomic E-state index is 5.89. The highest BCUT2D eigenvalue weighted by atomic mass is 35.5. The van der Waals surface area contributed by atoms with Crippen LogP contribution in [0.15, 0.2) is 24.3 Å². The highest BCUT2D eigenvalue weighted by molar-refractivity contribution is 6.30. The molecule has 2 heteroatoms. The fourth-order valence-electron chi connectivity index (χ4n) is 1.97. The van der Waals surface area contributed by atoms with Crippen molar-refractivity contribution >= 4 is 11.6 Å². The van der Waals surface area contributed by atoms with Gasteiger partial charge in [0.05, 0.1) is 0 Å². The Bertz CT molecular complexity index is 303. The molecular weight excluding hydrogens is 206 g/mol. The number of hydrogen-bond donors (Lipinski definition) is 1. The summed E-state index contributed by atoms with van der Waals surface area (Å²) in [6.45, 7) is 3.19. The molecule has 0 radical (unpaired) electrons. The third-order valence-corrected chi connectivity index (χ3v) is 3.24. The highest BCUT2D eigenvalue weighted by Gasteiger charge is 2.25. The van der Waals surface area contributed by atoms with Gasteiger partial charge in [-0.2, -0.15) is 0 Å². The van der Waals surface area contributed by atoms with Crippen LogP contribution in [0.5, 0.6) is 0 Å². The molecule has 1 fully saturated rings. The van der Waals surface area contributed by atoms with Crippen molar-refractivity contribution in [3.63, 3.8) is 0 Å². The number of benzene rings is 1. The van der Waals surface area contributed by atoms with E-state index in [2.05, 4.69) is 24.4 Å². The monoisotopic (exact) mass is 223 g/mol. The van der Waals surface area contributed by atoms with E-state index >= 15 is 0 Å². The standard InChI is InChI=1S/C13H18ClN/c1-2-15-13(9-10-3-4-10)11-5-7-12(14)8-6-11/h5-8,10,13,15H,2-4,9H2,1H3. The fourth-order valence-corrected chi connectivity index (χ4v) is 2.09. The molecule has 0 aliphatic heterocycles. The maximum absolute atomic E-state index is 5.89. The molecule has 0 saturated heterocycles. The molecule has 1 N–H and O–H groups in total. The molecule has 1 aromatic rings. The smallest absolute Gasteiger partial charge is 0.0406 e. The molecule has 1 atom stereocenters. The van der Waals surface area contributed by atoms with E-state index in [1.807, 2.05) is 12.1 Å². The molecular formula is C13H18ClN. The third-order valence-electron chi connectivity index (χ3n) is 2.99. The first kappa shape index (κ1) is 11.0. The number of rotatable bonds is 5. The summed E-state index contributed by atoms with van der Waals surface area (Å²) >= 11 is 5.89. The highest BCUT2D eigenvalue weighted by Crippen LogP contribution is 2.37. The molecule has 1 aromatic carbocycles. The first-order chi connectivity index (χ1) is 7.29. The normalized spacial score (nSPS) is 17.7. The molecule has 0 spiro atoms. The van der Waals surface area contributed by atoms with E-state index in [-0.39, 0.29) is 0 Å². The van der Waals surface area contributed by atoms with Gasteiger partial charge >= 0.3 is 0 Å². The summed E-state index contributed by atoms with van der Waals surface area (Å²) in [6, 6.07) is 8.75. The SMILES string of the molecule is CCNC(CC1CC1)c1ccc(Cl)cc1. The molecule has 1 unspecified atom stereocenters. The third kappa shape index (κ3) is 3.22. The molecule has 0 amide bonds. The van der Waals surface area contributed by atoms with E-state index in [4.69, 9.17) is 11.6 Å². The van der Waals surface area contributed by atoms with Crippen molar-refractivity contribution in [2.75, 3.05) is 6.54 Å². The van der Waals surface area contributed by atoms with Crippen molar-refractivity contribution < 1.29 is 0 Å². The predicted molar refractivity (Wildman–Crippen MR) is 65.2 cm³/mol. The Kier molecular flexibility index (Phi) is 3.66. The van der Waals surface area contributed by atoms with Crippen molar-refractivity contribution in [1.82, 2.24) is 5.32 Å². The molecule has 82 valence electrons. The molecule has 0 bridgehead atoms. The van der Waals surface area contributed by atoms with E-state index in [0.29, 0.717) is 6.04 Å². The zero-order valence-corrected chi connectivity index (χ0v) is 9.93. The summed E-state index contributed by atoms with van der Waals surface area (Å²) in [5.74, 6) is 0.949. The van der Waals surface area contributed by atoms with Gasteiger partial charge < -0.3 is 5.32 Å². The van der Waals surface area contributed by atoms with Crippen molar-refractivity contribution in [3.05, 3.63) is 34.9 Å². The number of nitrogens with one attached hydrogen (secondary N) is 1. The molecule has 1 nitrogen and oxygen atoms in total. The lowest BCUT2D eigenvalue weighted by Gasteiger charge is -2.18. The fraction of sp³-hybridized carbons (Fsp3) is 0.538. The second kappa shape index (κ2) is 5.00. The van der Waals surface area contributed by atoms with Gasteiger partial charge in [0, 0.05) is 11.1 Å². The Morgan fingerprint density at radius 1 is 1.33 bits per heavy atom. The summed E-state index contributed by atoms with van der Waals surface area (Å²) in [5.41, 5.74) is 1.37.